The van der Waals surface area contributed by atoms with Crippen LogP contribution in [-0.2, 0) is 51.2 Å². The first-order valence-corrected chi connectivity index (χ1v) is 30.4. The Balaban J connectivity index is -0.00000864. The van der Waals surface area contributed by atoms with E-state index in [1.54, 1.807) is 0 Å². The number of hydrogen-bond donors (Lipinski definition) is 2. The van der Waals surface area contributed by atoms with Crippen molar-refractivity contribution in [3.8, 4) is 0 Å². The summed E-state index contributed by atoms with van der Waals surface area (Å²) in [6.45, 7) is -0.716. The smallest absolute Gasteiger partial charge is 0.756 e. The number of amides is 2. The van der Waals surface area contributed by atoms with E-state index < -0.39 is 91.3 Å². The van der Waals surface area contributed by atoms with Gasteiger partial charge in [0.15, 0.2) is 0 Å². The van der Waals surface area contributed by atoms with Gasteiger partial charge in [0.1, 0.15) is 0 Å². The van der Waals surface area contributed by atoms with Gasteiger partial charge in [0, 0.05) is 58.9 Å². The fourth-order valence-electron chi connectivity index (χ4n) is 8.05. The summed E-state index contributed by atoms with van der Waals surface area (Å²) >= 11 is 0. The molecule has 0 aromatic carbocycles. The van der Waals surface area contributed by atoms with E-state index in [9.17, 15) is 58.2 Å². The van der Waals surface area contributed by atoms with Gasteiger partial charge in [-0.15, -0.1) is 0 Å². The van der Waals surface area contributed by atoms with Crippen LogP contribution < -0.4 is 94.9 Å². The van der Waals surface area contributed by atoms with Crippen LogP contribution in [0, 0.1) is 39.9 Å². The van der Waals surface area contributed by atoms with E-state index in [0.29, 0.717) is 12.8 Å². The first-order chi connectivity index (χ1) is 35.0. The van der Waals surface area contributed by atoms with Crippen molar-refractivity contribution in [2.75, 3.05) is 98.4 Å². The first kappa shape index (κ1) is 83.2. The Hall–Kier alpha value is 0.775. The second kappa shape index (κ2) is 57.6. The van der Waals surface area contributed by atoms with Crippen molar-refractivity contribution in [2.24, 2.45) is 0 Å². The third kappa shape index (κ3) is 59.4. The molecule has 0 spiro atoms. The average Bonchev–Trinajstić information content (AvgIpc) is 3.32. The molecule has 0 heterocycles. The molecular formula is C50H94GdN5Na2O16P2. The number of rotatable bonds is 56. The number of phosphoric acid groups is 2. The van der Waals surface area contributed by atoms with Gasteiger partial charge >= 0.3 is 99.1 Å². The molecule has 26 heteroatoms. The second-order valence-corrected chi connectivity index (χ2v) is 21.8. The van der Waals surface area contributed by atoms with Crippen LogP contribution in [0.2, 0.25) is 0 Å². The number of aliphatic carboxylic acids is 3. The molecule has 2 atom stereocenters. The Labute approximate surface area is 532 Å². The largest absolute Gasteiger partial charge is 3.00 e. The third-order valence-electron chi connectivity index (χ3n) is 12.1. The van der Waals surface area contributed by atoms with Crippen LogP contribution in [0.1, 0.15) is 194 Å². The van der Waals surface area contributed by atoms with E-state index in [1.165, 1.54) is 120 Å². The van der Waals surface area contributed by atoms with Gasteiger partial charge in [-0.3, -0.25) is 33.4 Å². The molecule has 0 saturated heterocycles. The fourth-order valence-corrected chi connectivity index (χ4v) is 9.53. The number of unbranched alkanes of at least 4 members (excludes halogenated alkanes) is 26. The molecule has 0 rings (SSSR count). The summed E-state index contributed by atoms with van der Waals surface area (Å²) in [5, 5.41) is 39.4. The van der Waals surface area contributed by atoms with E-state index in [-0.39, 0.29) is 152 Å². The summed E-state index contributed by atoms with van der Waals surface area (Å²) in [7, 11) is -9.24. The molecule has 0 bridgehead atoms. The Bertz CT molecular complexity index is 1440. The quantitative estimate of drug-likeness (QED) is 0.0357. The summed E-state index contributed by atoms with van der Waals surface area (Å²) in [6, 6.07) is 0. The zero-order chi connectivity index (χ0) is 54.3. The van der Waals surface area contributed by atoms with Crippen LogP contribution in [0.15, 0.2) is 0 Å². The van der Waals surface area contributed by atoms with E-state index in [0.717, 1.165) is 61.2 Å². The molecule has 2 amide bonds. The molecule has 435 valence electrons. The van der Waals surface area contributed by atoms with Gasteiger partial charge in [-0.2, -0.15) is 0 Å². The van der Waals surface area contributed by atoms with Crippen LogP contribution in [0.25, 0.3) is 0 Å². The number of carbonyl (C=O) groups is 5. The number of nitrogens with zero attached hydrogens (tertiary/aromatic N) is 3. The van der Waals surface area contributed by atoms with Gasteiger partial charge in [-0.1, -0.05) is 181 Å². The number of hydrogen-bond acceptors (Lipinski definition) is 19. The zero-order valence-electron chi connectivity index (χ0n) is 47.0. The van der Waals surface area contributed by atoms with Crippen LogP contribution >= 0.6 is 15.6 Å². The monoisotopic (exact) mass is 1290 g/mol. The van der Waals surface area contributed by atoms with Gasteiger partial charge in [0.05, 0.1) is 57.4 Å². The van der Waals surface area contributed by atoms with Crippen molar-refractivity contribution in [1.82, 2.24) is 25.3 Å². The molecule has 21 nitrogen and oxygen atoms in total. The summed E-state index contributed by atoms with van der Waals surface area (Å²) in [5.41, 5.74) is 0. The van der Waals surface area contributed by atoms with Crippen molar-refractivity contribution in [3.05, 3.63) is 0 Å². The third-order valence-corrected chi connectivity index (χ3v) is 14.1. The first-order valence-electron chi connectivity index (χ1n) is 27.5. The maximum Gasteiger partial charge on any atom is 3.00 e. The Morgan fingerprint density at radius 2 is 0.592 bits per heavy atom. The van der Waals surface area contributed by atoms with Crippen LogP contribution in [-0.4, -0.2) is 143 Å². The second-order valence-electron chi connectivity index (χ2n) is 18.9. The molecule has 0 fully saturated rings. The van der Waals surface area contributed by atoms with Gasteiger partial charge in [0.25, 0.3) is 15.6 Å². The molecule has 1 radical (unpaired) electrons. The Kier molecular flexibility index (Phi) is 63.1. The summed E-state index contributed by atoms with van der Waals surface area (Å²) < 4.78 is 43.9. The molecule has 2 N–H and O–H groups in total. The maximum absolute atomic E-state index is 12.6. The van der Waals surface area contributed by atoms with Crippen molar-refractivity contribution in [2.45, 2.75) is 194 Å². The van der Waals surface area contributed by atoms with Crippen LogP contribution in [0.5, 0.6) is 0 Å². The fraction of sp³-hybridized carbons (Fsp3) is 0.900. The van der Waals surface area contributed by atoms with Crippen molar-refractivity contribution < 1.29 is 175 Å². The molecule has 0 aliphatic rings. The zero-order valence-corrected chi connectivity index (χ0v) is 55.1. The normalized spacial score (nSPS) is 12.8. The molecule has 76 heavy (non-hydrogen) atoms. The Morgan fingerprint density at radius 1 is 0.368 bits per heavy atom. The minimum Gasteiger partial charge on any atom is -0.756 e. The summed E-state index contributed by atoms with van der Waals surface area (Å²) in [5.74, 6) is -5.96. The van der Waals surface area contributed by atoms with Crippen molar-refractivity contribution in [1.29, 1.82) is 0 Å². The SMILES string of the molecule is CCCCCCCCCCCCCCCCOP(=O)([O-])OCCNC(=O)CN(CCN(CCN(CC(=O)[O-])CC(=O)NCCOP(=O)([O-])OCCCCCCCCCCCCCCCC)CC(=O)[O-])CC(=O)[O-].[Gd+3].[Na+].[Na+]. The molecule has 0 saturated carbocycles. The predicted molar refractivity (Wildman–Crippen MR) is 270 cm³/mol. The van der Waals surface area contributed by atoms with E-state index in [4.69, 9.17) is 18.1 Å². The van der Waals surface area contributed by atoms with Gasteiger partial charge < -0.3 is 68.2 Å². The van der Waals surface area contributed by atoms with Gasteiger partial charge in [-0.25, -0.2) is 0 Å². The van der Waals surface area contributed by atoms with Crippen molar-refractivity contribution in [3.63, 3.8) is 0 Å². The molecule has 0 aromatic rings. The number of phosphoric ester groups is 2. The van der Waals surface area contributed by atoms with Gasteiger partial charge in [0.2, 0.25) is 11.8 Å². The number of nitrogens with one attached hydrogen (secondary N) is 2. The van der Waals surface area contributed by atoms with E-state index in [1.807, 2.05) is 0 Å². The summed E-state index contributed by atoms with van der Waals surface area (Å²) in [6.07, 6.45) is 32.4. The molecular weight excluding hydrogens is 1190 g/mol. The predicted octanol–water partition coefficient (Wildman–Crippen LogP) is -2.65. The standard InChI is InChI=1S/C50H99N5O16P2.Gd.2Na/c1-3-5-7-9-11-13-15-17-19-21-23-25-27-29-37-68-72(64,65)70-39-31-51-46(56)41-54(44-49(60)61)35-33-53(43-48(58)59)34-36-55(45-50(62)63)42-47(57)52-32-40-71-73(66,67)69-38-30-28-26-24-22-20-18-16-14-12-10-8-6-4-2;;;/h3-45H2,1-2H3,(H,51,56)(H,52,57)(H,58,59)(H,60,61)(H,62,63)(H,64,65)(H,66,67);;;/q;+3;2*+1/p-5. The summed E-state index contributed by atoms with van der Waals surface area (Å²) in [4.78, 5) is 87.7. The van der Waals surface area contributed by atoms with Gasteiger partial charge in [-0.05, 0) is 12.8 Å². The van der Waals surface area contributed by atoms with Crippen LogP contribution in [0.3, 0.4) is 0 Å². The van der Waals surface area contributed by atoms with E-state index in [2.05, 4.69) is 24.5 Å². The van der Waals surface area contributed by atoms with Crippen LogP contribution in [0.4, 0.5) is 0 Å². The molecule has 0 aliphatic heterocycles. The molecule has 0 aromatic heterocycles. The van der Waals surface area contributed by atoms with E-state index >= 15 is 0 Å². The van der Waals surface area contributed by atoms with Crippen molar-refractivity contribution >= 4 is 45.4 Å². The topological polar surface area (TPSA) is 305 Å². The Morgan fingerprint density at radius 3 is 0.855 bits per heavy atom. The molecule has 0 aliphatic carbocycles. The maximum atomic E-state index is 12.6. The minimum atomic E-state index is -4.62. The number of carboxylic acid groups (broad SMARTS) is 3. The average molecular weight is 1290 g/mol. The minimum absolute atomic E-state index is 0. The number of carbonyl (C=O) groups excluding carboxylic acids is 5. The number of carboxylic acids is 3. The molecule has 2 unspecified atom stereocenters.